The lowest BCUT2D eigenvalue weighted by Gasteiger charge is -2.37. The third-order valence-corrected chi connectivity index (χ3v) is 3.31. The van der Waals surface area contributed by atoms with Gasteiger partial charge in [0.25, 0.3) is 0 Å². The summed E-state index contributed by atoms with van der Waals surface area (Å²) in [6.45, 7) is 1.64. The molecule has 0 aromatic heterocycles. The fourth-order valence-electron chi connectivity index (χ4n) is 2.08. The molecule has 1 aliphatic heterocycles. The molecule has 2 rings (SSSR count). The van der Waals surface area contributed by atoms with Gasteiger partial charge in [0, 0.05) is 12.8 Å². The molecule has 0 aromatic rings. The number of ketones is 1. The first-order valence-corrected chi connectivity index (χ1v) is 4.39. The van der Waals surface area contributed by atoms with Gasteiger partial charge in [0.05, 0.1) is 5.41 Å². The van der Waals surface area contributed by atoms with Crippen LogP contribution in [-0.2, 0) is 14.3 Å². The van der Waals surface area contributed by atoms with Crippen LogP contribution in [0.3, 0.4) is 0 Å². The minimum atomic E-state index is -1.25. The average Bonchev–Trinajstić information content (AvgIpc) is 2.28. The number of aliphatic hydroxyl groups is 1. The Morgan fingerprint density at radius 2 is 2.15 bits per heavy atom. The Kier molecular flexibility index (Phi) is 1.55. The zero-order chi connectivity index (χ0) is 9.69. The Labute approximate surface area is 75.9 Å². The average molecular weight is 184 g/mol. The lowest BCUT2D eigenvalue weighted by Crippen LogP contribution is -2.51. The van der Waals surface area contributed by atoms with Gasteiger partial charge in [-0.3, -0.25) is 9.59 Å². The van der Waals surface area contributed by atoms with Crippen LogP contribution in [-0.4, -0.2) is 29.1 Å². The molecule has 2 fully saturated rings. The molecule has 4 nitrogen and oxygen atoms in total. The van der Waals surface area contributed by atoms with E-state index < -0.39 is 11.0 Å². The van der Waals surface area contributed by atoms with Crippen molar-refractivity contribution in [3.05, 3.63) is 0 Å². The highest BCUT2D eigenvalue weighted by molar-refractivity contribution is 5.88. The van der Waals surface area contributed by atoms with Gasteiger partial charge in [-0.2, -0.15) is 0 Å². The van der Waals surface area contributed by atoms with Crippen LogP contribution in [0.25, 0.3) is 0 Å². The Balaban J connectivity index is 2.37. The molecule has 1 heterocycles. The normalized spacial score (nSPS) is 44.5. The summed E-state index contributed by atoms with van der Waals surface area (Å²) < 4.78 is 4.81. The van der Waals surface area contributed by atoms with Gasteiger partial charge in [-0.15, -0.1) is 0 Å². The number of hydrogen-bond acceptors (Lipinski definition) is 4. The van der Waals surface area contributed by atoms with Crippen LogP contribution in [0.2, 0.25) is 0 Å². The number of hydrogen-bond donors (Lipinski definition) is 1. The van der Waals surface area contributed by atoms with E-state index in [-0.39, 0.29) is 24.8 Å². The van der Waals surface area contributed by atoms with Crippen molar-refractivity contribution in [2.45, 2.75) is 31.8 Å². The van der Waals surface area contributed by atoms with Gasteiger partial charge in [-0.25, -0.2) is 0 Å². The van der Waals surface area contributed by atoms with E-state index in [0.717, 1.165) is 0 Å². The molecule has 2 atom stereocenters. The maximum Gasteiger partial charge on any atom is 0.314 e. The van der Waals surface area contributed by atoms with E-state index in [9.17, 15) is 14.7 Å². The Morgan fingerprint density at radius 1 is 1.46 bits per heavy atom. The van der Waals surface area contributed by atoms with Crippen LogP contribution in [0.1, 0.15) is 26.2 Å². The van der Waals surface area contributed by atoms with Gasteiger partial charge in [0.15, 0.2) is 0 Å². The largest absolute Gasteiger partial charge is 0.462 e. The van der Waals surface area contributed by atoms with E-state index in [1.165, 1.54) is 0 Å². The molecule has 4 heteroatoms. The zero-order valence-corrected chi connectivity index (χ0v) is 7.50. The smallest absolute Gasteiger partial charge is 0.314 e. The monoisotopic (exact) mass is 184 g/mol. The standard InChI is InChI=1S/C9H12O4/c1-8-3-2-6(10)4-9(8,12)5-13-7(8)11/h12H,2-5H2,1H3/t8-,9-/m0/s1. The third kappa shape index (κ3) is 0.950. The van der Waals surface area contributed by atoms with Crippen molar-refractivity contribution in [1.82, 2.24) is 0 Å². The van der Waals surface area contributed by atoms with Gasteiger partial charge in [-0.1, -0.05) is 0 Å². The molecule has 0 bridgehead atoms. The van der Waals surface area contributed by atoms with Crippen LogP contribution < -0.4 is 0 Å². The number of cyclic esters (lactones) is 1. The second kappa shape index (κ2) is 2.32. The molecule has 0 radical (unpaired) electrons. The molecule has 0 spiro atoms. The van der Waals surface area contributed by atoms with Crippen molar-refractivity contribution in [3.8, 4) is 0 Å². The summed E-state index contributed by atoms with van der Waals surface area (Å²) in [4.78, 5) is 22.5. The van der Waals surface area contributed by atoms with Gasteiger partial charge < -0.3 is 9.84 Å². The Bertz CT molecular complexity index is 285. The summed E-state index contributed by atoms with van der Waals surface area (Å²) in [5.74, 6) is -0.360. The first-order valence-electron chi connectivity index (χ1n) is 4.39. The number of carbonyl (C=O) groups excluding carboxylic acids is 2. The number of ether oxygens (including phenoxy) is 1. The van der Waals surface area contributed by atoms with Crippen molar-refractivity contribution < 1.29 is 19.4 Å². The van der Waals surface area contributed by atoms with Crippen molar-refractivity contribution in [2.75, 3.05) is 6.61 Å². The fraction of sp³-hybridized carbons (Fsp3) is 0.778. The summed E-state index contributed by atoms with van der Waals surface area (Å²) >= 11 is 0. The van der Waals surface area contributed by atoms with Crippen molar-refractivity contribution >= 4 is 11.8 Å². The molecule has 1 N–H and O–H groups in total. The number of rotatable bonds is 0. The topological polar surface area (TPSA) is 63.6 Å². The SMILES string of the molecule is C[C@@]12CCC(=O)C[C@]1(O)COC2=O. The highest BCUT2D eigenvalue weighted by Crippen LogP contribution is 2.47. The van der Waals surface area contributed by atoms with Crippen molar-refractivity contribution in [2.24, 2.45) is 5.41 Å². The molecule has 1 saturated carbocycles. The highest BCUT2D eigenvalue weighted by Gasteiger charge is 2.61. The van der Waals surface area contributed by atoms with E-state index in [2.05, 4.69) is 0 Å². The van der Waals surface area contributed by atoms with Gasteiger partial charge in [-0.05, 0) is 13.3 Å². The quantitative estimate of drug-likeness (QED) is 0.539. The van der Waals surface area contributed by atoms with Gasteiger partial charge >= 0.3 is 5.97 Å². The Morgan fingerprint density at radius 3 is 2.85 bits per heavy atom. The first kappa shape index (κ1) is 8.69. The summed E-state index contributed by atoms with van der Waals surface area (Å²) in [5.41, 5.74) is -2.11. The zero-order valence-electron chi connectivity index (χ0n) is 7.50. The number of fused-ring (bicyclic) bond motifs is 1. The number of Topliss-reactive ketones (excluding diaryl/α,β-unsaturated/α-hetero) is 1. The molecule has 72 valence electrons. The molecule has 0 aromatic carbocycles. The molecule has 0 amide bonds. The van der Waals surface area contributed by atoms with E-state index in [0.29, 0.717) is 12.8 Å². The predicted molar refractivity (Wildman–Crippen MR) is 42.9 cm³/mol. The van der Waals surface area contributed by atoms with Crippen LogP contribution >= 0.6 is 0 Å². The number of carbonyl (C=O) groups is 2. The molecule has 2 aliphatic rings. The van der Waals surface area contributed by atoms with E-state index in [1.807, 2.05) is 0 Å². The lowest BCUT2D eigenvalue weighted by atomic mass is 9.66. The second-order valence-electron chi connectivity index (χ2n) is 4.16. The summed E-state index contributed by atoms with van der Waals surface area (Å²) in [6.07, 6.45) is 0.824. The summed E-state index contributed by atoms with van der Waals surface area (Å²) in [7, 11) is 0. The molecular weight excluding hydrogens is 172 g/mol. The molecule has 1 saturated heterocycles. The summed E-state index contributed by atoms with van der Waals surface area (Å²) in [6, 6.07) is 0. The van der Waals surface area contributed by atoms with E-state index in [1.54, 1.807) is 6.92 Å². The van der Waals surface area contributed by atoms with Gasteiger partial charge in [0.2, 0.25) is 0 Å². The number of esters is 1. The van der Waals surface area contributed by atoms with Crippen LogP contribution in [0, 0.1) is 5.41 Å². The lowest BCUT2D eigenvalue weighted by molar-refractivity contribution is -0.152. The summed E-state index contributed by atoms with van der Waals surface area (Å²) in [5, 5.41) is 10.0. The molecular formula is C9H12O4. The van der Waals surface area contributed by atoms with E-state index in [4.69, 9.17) is 4.74 Å². The predicted octanol–water partition coefficient (Wildman–Crippen LogP) is 0.0336. The minimum Gasteiger partial charge on any atom is -0.462 e. The van der Waals surface area contributed by atoms with Crippen LogP contribution in [0.4, 0.5) is 0 Å². The molecule has 0 unspecified atom stereocenters. The van der Waals surface area contributed by atoms with Crippen molar-refractivity contribution in [3.63, 3.8) is 0 Å². The molecule has 13 heavy (non-hydrogen) atoms. The highest BCUT2D eigenvalue weighted by atomic mass is 16.6. The van der Waals surface area contributed by atoms with Crippen molar-refractivity contribution in [1.29, 1.82) is 0 Å². The molecule has 1 aliphatic carbocycles. The second-order valence-corrected chi connectivity index (χ2v) is 4.16. The minimum absolute atomic E-state index is 0.0123. The third-order valence-electron chi connectivity index (χ3n) is 3.31. The van der Waals surface area contributed by atoms with Gasteiger partial charge in [0.1, 0.15) is 18.0 Å². The van der Waals surface area contributed by atoms with Crippen LogP contribution in [0.15, 0.2) is 0 Å². The first-order chi connectivity index (χ1) is 5.98. The van der Waals surface area contributed by atoms with Crippen LogP contribution in [0.5, 0.6) is 0 Å². The van der Waals surface area contributed by atoms with E-state index >= 15 is 0 Å². The Hall–Kier alpha value is -0.900. The maximum atomic E-state index is 11.3. The maximum absolute atomic E-state index is 11.3. The fourth-order valence-corrected chi connectivity index (χ4v) is 2.08.